The fourth-order valence-corrected chi connectivity index (χ4v) is 7.66. The fraction of sp³-hybridized carbons (Fsp3) is 0.407. The van der Waals surface area contributed by atoms with Gasteiger partial charge in [0.1, 0.15) is 12.1 Å². The van der Waals surface area contributed by atoms with Crippen LogP contribution in [-0.4, -0.2) is 35.0 Å². The molecule has 4 bridgehead atoms. The highest BCUT2D eigenvalue weighted by Crippen LogP contribution is 2.63. The Morgan fingerprint density at radius 1 is 0.871 bits per heavy atom. The molecule has 8 rings (SSSR count). The van der Waals surface area contributed by atoms with Crippen LogP contribution in [0.15, 0.2) is 60.7 Å². The molecular weight excluding hydrogens is 386 g/mol. The summed E-state index contributed by atoms with van der Waals surface area (Å²) in [7, 11) is 0. The summed E-state index contributed by atoms with van der Waals surface area (Å²) in [6.45, 7) is 4.46. The van der Waals surface area contributed by atoms with Crippen LogP contribution in [0.2, 0.25) is 0 Å². The zero-order valence-corrected chi connectivity index (χ0v) is 17.7. The van der Waals surface area contributed by atoms with E-state index in [4.69, 9.17) is 4.74 Å². The number of ketones is 1. The van der Waals surface area contributed by atoms with Gasteiger partial charge in [0.25, 0.3) is 0 Å². The summed E-state index contributed by atoms with van der Waals surface area (Å²) in [6, 6.07) is 16.5. The third kappa shape index (κ3) is 1.85. The van der Waals surface area contributed by atoms with Gasteiger partial charge in [-0.2, -0.15) is 0 Å². The van der Waals surface area contributed by atoms with Crippen molar-refractivity contribution in [3.05, 3.63) is 82.9 Å². The molecule has 1 saturated carbocycles. The van der Waals surface area contributed by atoms with Crippen LogP contribution in [0, 0.1) is 11.8 Å². The standard InChI is InChI=1S/C27H25NO3/c1-26-17-7-3-5-9-19(17)27(2,20-10-6-4-8-18(20)26)24-23(26)28(25(30)31-24)22-16-12-11-15(13-16)14-21(22)29/h3-12,15-16,22-24H,13-14H2,1-2H3/t15-,16+,22+,23-,24+,26?,27?/m0/s1. The van der Waals surface area contributed by atoms with Gasteiger partial charge >= 0.3 is 6.09 Å². The number of hydrogen-bond donors (Lipinski definition) is 0. The molecule has 5 atom stereocenters. The summed E-state index contributed by atoms with van der Waals surface area (Å²) in [5.74, 6) is 0.612. The van der Waals surface area contributed by atoms with Crippen LogP contribution in [0.25, 0.3) is 0 Å². The molecule has 2 fully saturated rings. The van der Waals surface area contributed by atoms with Gasteiger partial charge in [0, 0.05) is 17.8 Å². The average Bonchev–Trinajstić information content (AvgIpc) is 3.34. The first-order valence-electron chi connectivity index (χ1n) is 11.4. The van der Waals surface area contributed by atoms with E-state index in [9.17, 15) is 9.59 Å². The third-order valence-electron chi connectivity index (χ3n) is 8.98. The van der Waals surface area contributed by atoms with Crippen LogP contribution >= 0.6 is 0 Å². The molecule has 0 N–H and O–H groups in total. The van der Waals surface area contributed by atoms with Crippen molar-refractivity contribution in [2.45, 2.75) is 55.7 Å². The number of fused-ring (bicyclic) bond motifs is 2. The van der Waals surface area contributed by atoms with Crippen LogP contribution in [0.4, 0.5) is 4.79 Å². The van der Waals surface area contributed by atoms with Gasteiger partial charge in [-0.25, -0.2) is 4.79 Å². The molecule has 156 valence electrons. The Kier molecular flexibility index (Phi) is 3.14. The lowest BCUT2D eigenvalue weighted by Gasteiger charge is -2.59. The largest absolute Gasteiger partial charge is 0.443 e. The summed E-state index contributed by atoms with van der Waals surface area (Å²) >= 11 is 0. The van der Waals surface area contributed by atoms with Gasteiger partial charge in [-0.05, 0) is 48.4 Å². The van der Waals surface area contributed by atoms with E-state index in [0.29, 0.717) is 12.3 Å². The molecule has 1 saturated heterocycles. The normalized spacial score (nSPS) is 41.1. The number of nitrogens with zero attached hydrogens (tertiary/aromatic N) is 1. The molecule has 2 aromatic rings. The number of benzene rings is 2. The molecule has 1 amide bonds. The van der Waals surface area contributed by atoms with Crippen LogP contribution in [0.1, 0.15) is 48.9 Å². The van der Waals surface area contributed by atoms with E-state index >= 15 is 0 Å². The summed E-state index contributed by atoms with van der Waals surface area (Å²) in [5.41, 5.74) is 4.12. The zero-order valence-electron chi connectivity index (χ0n) is 17.7. The average molecular weight is 412 g/mol. The third-order valence-corrected chi connectivity index (χ3v) is 8.98. The minimum Gasteiger partial charge on any atom is -0.443 e. The number of carbonyl (C=O) groups excluding carboxylic acids is 2. The van der Waals surface area contributed by atoms with E-state index in [2.05, 4.69) is 74.5 Å². The molecular formula is C27H25NO3. The highest BCUT2D eigenvalue weighted by atomic mass is 16.6. The zero-order chi connectivity index (χ0) is 21.1. The van der Waals surface area contributed by atoms with Crippen molar-refractivity contribution in [2.24, 2.45) is 11.8 Å². The van der Waals surface area contributed by atoms with Gasteiger partial charge in [0.05, 0.1) is 11.5 Å². The number of allylic oxidation sites excluding steroid dienone is 1. The van der Waals surface area contributed by atoms with Gasteiger partial charge < -0.3 is 4.74 Å². The maximum atomic E-state index is 13.5. The Morgan fingerprint density at radius 2 is 1.45 bits per heavy atom. The lowest BCUT2D eigenvalue weighted by molar-refractivity contribution is -0.128. The predicted molar refractivity (Wildman–Crippen MR) is 116 cm³/mol. The summed E-state index contributed by atoms with van der Waals surface area (Å²) in [6.07, 6.45) is 5.17. The molecule has 1 aliphatic heterocycles. The van der Waals surface area contributed by atoms with Gasteiger partial charge in [0.15, 0.2) is 5.78 Å². The molecule has 4 heteroatoms. The van der Waals surface area contributed by atoms with E-state index in [1.54, 1.807) is 0 Å². The summed E-state index contributed by atoms with van der Waals surface area (Å²) in [4.78, 5) is 28.6. The number of hydrogen-bond acceptors (Lipinski definition) is 3. The first-order chi connectivity index (χ1) is 15.0. The molecule has 31 heavy (non-hydrogen) atoms. The second kappa shape index (κ2) is 5.48. The van der Waals surface area contributed by atoms with Crippen molar-refractivity contribution in [1.82, 2.24) is 4.90 Å². The Labute approximate surface area is 181 Å². The quantitative estimate of drug-likeness (QED) is 0.656. The minimum absolute atomic E-state index is 0.0971. The van der Waals surface area contributed by atoms with Gasteiger partial charge in [-0.3, -0.25) is 9.69 Å². The maximum Gasteiger partial charge on any atom is 0.411 e. The lowest BCUT2D eigenvalue weighted by Crippen LogP contribution is -2.68. The number of carbonyl (C=O) groups is 2. The molecule has 0 radical (unpaired) electrons. The molecule has 2 aromatic carbocycles. The Hall–Kier alpha value is -2.88. The monoisotopic (exact) mass is 411 g/mol. The molecule has 0 unspecified atom stereocenters. The van der Waals surface area contributed by atoms with E-state index in [0.717, 1.165) is 6.42 Å². The lowest BCUT2D eigenvalue weighted by atomic mass is 9.47. The van der Waals surface area contributed by atoms with Crippen molar-refractivity contribution < 1.29 is 14.3 Å². The smallest absolute Gasteiger partial charge is 0.411 e. The first kappa shape index (κ1) is 17.8. The fourth-order valence-electron chi connectivity index (χ4n) is 7.66. The number of Topliss-reactive ketones (excluding diaryl/α,β-unsaturated/α-hetero) is 1. The molecule has 5 aliphatic carbocycles. The SMILES string of the molecule is CC12c3ccccc3C(C)(c3ccccc31)[C@@H]1[C@H]2OC(=O)N1[C@H]1C(=O)C[C@H]2C=C[C@@H]1C2. The van der Waals surface area contributed by atoms with Crippen molar-refractivity contribution in [3.8, 4) is 0 Å². The van der Waals surface area contributed by atoms with Crippen LogP contribution in [0.3, 0.4) is 0 Å². The highest BCUT2D eigenvalue weighted by Gasteiger charge is 2.70. The molecule has 0 aromatic heterocycles. The van der Waals surface area contributed by atoms with Gasteiger partial charge in [-0.1, -0.05) is 60.7 Å². The minimum atomic E-state index is -0.439. The predicted octanol–water partition coefficient (Wildman–Crippen LogP) is 4.35. The molecule has 4 nitrogen and oxygen atoms in total. The number of rotatable bonds is 1. The second-order valence-corrected chi connectivity index (χ2v) is 10.3. The molecule has 0 spiro atoms. The van der Waals surface area contributed by atoms with Crippen LogP contribution in [-0.2, 0) is 20.4 Å². The van der Waals surface area contributed by atoms with E-state index in [1.165, 1.54) is 22.3 Å². The second-order valence-electron chi connectivity index (χ2n) is 10.3. The van der Waals surface area contributed by atoms with Gasteiger partial charge in [0.2, 0.25) is 0 Å². The molecule has 6 aliphatic rings. The van der Waals surface area contributed by atoms with E-state index in [1.807, 2.05) is 4.90 Å². The van der Waals surface area contributed by atoms with Crippen molar-refractivity contribution in [1.29, 1.82) is 0 Å². The Morgan fingerprint density at radius 3 is 2.06 bits per heavy atom. The summed E-state index contributed by atoms with van der Waals surface area (Å²) in [5, 5.41) is 0. The van der Waals surface area contributed by atoms with E-state index in [-0.39, 0.29) is 29.9 Å². The Balaban J connectivity index is 1.50. The maximum absolute atomic E-state index is 13.5. The highest BCUT2D eigenvalue weighted by molar-refractivity contribution is 5.91. The van der Waals surface area contributed by atoms with E-state index < -0.39 is 16.9 Å². The van der Waals surface area contributed by atoms with Crippen LogP contribution < -0.4 is 0 Å². The van der Waals surface area contributed by atoms with Crippen molar-refractivity contribution in [3.63, 3.8) is 0 Å². The van der Waals surface area contributed by atoms with Gasteiger partial charge in [-0.15, -0.1) is 0 Å². The number of ether oxygens (including phenoxy) is 1. The number of amides is 1. The first-order valence-corrected chi connectivity index (χ1v) is 11.4. The van der Waals surface area contributed by atoms with Crippen molar-refractivity contribution in [2.75, 3.05) is 0 Å². The summed E-state index contributed by atoms with van der Waals surface area (Å²) < 4.78 is 6.21. The van der Waals surface area contributed by atoms with Crippen LogP contribution in [0.5, 0.6) is 0 Å². The van der Waals surface area contributed by atoms with Crippen molar-refractivity contribution >= 4 is 11.9 Å². The molecule has 1 heterocycles. The topological polar surface area (TPSA) is 46.6 Å². The Bertz CT molecular complexity index is 1150.